The monoisotopic (exact) mass is 250 g/mol. The second-order valence-corrected chi connectivity index (χ2v) is 4.91. The molecule has 2 nitrogen and oxygen atoms in total. The molecule has 1 saturated heterocycles. The van der Waals surface area contributed by atoms with Gasteiger partial charge in [-0.2, -0.15) is 0 Å². The van der Waals surface area contributed by atoms with E-state index in [1.54, 1.807) is 11.8 Å². The van der Waals surface area contributed by atoms with Crippen LogP contribution in [0.2, 0.25) is 0 Å². The average molecular weight is 250 g/mol. The van der Waals surface area contributed by atoms with Crippen molar-refractivity contribution in [2.45, 2.75) is 30.4 Å². The van der Waals surface area contributed by atoms with Crippen LogP contribution in [0.4, 0.5) is 0 Å². The summed E-state index contributed by atoms with van der Waals surface area (Å²) in [6.07, 6.45) is 5.46. The zero-order valence-corrected chi connectivity index (χ0v) is 10.7. The van der Waals surface area contributed by atoms with Gasteiger partial charge >= 0.3 is 0 Å². The fraction of sp³-hybridized carbons (Fsp3) is 0.429. The molecule has 0 aromatic heterocycles. The minimum absolute atomic E-state index is 0.00938. The highest BCUT2D eigenvalue weighted by Crippen LogP contribution is 2.18. The molecule has 92 valence electrons. The number of thioether (sulfide) groups is 1. The van der Waals surface area contributed by atoms with Gasteiger partial charge in [0.15, 0.2) is 6.29 Å². The van der Waals surface area contributed by atoms with E-state index in [1.807, 2.05) is 24.3 Å². The zero-order valence-electron chi connectivity index (χ0n) is 9.88. The lowest BCUT2D eigenvalue weighted by atomic mass is 10.2. The van der Waals surface area contributed by atoms with Gasteiger partial charge in [0.05, 0.1) is 6.61 Å². The number of hydrogen-bond acceptors (Lipinski definition) is 3. The van der Waals surface area contributed by atoms with Crippen LogP contribution in [-0.4, -0.2) is 19.5 Å². The topological polar surface area (TPSA) is 18.5 Å². The predicted octanol–water partition coefficient (Wildman–Crippen LogP) is 3.84. The maximum absolute atomic E-state index is 5.60. The second kappa shape index (κ2) is 7.54. The van der Waals surface area contributed by atoms with Gasteiger partial charge in [-0.25, -0.2) is 0 Å². The molecule has 1 aromatic rings. The van der Waals surface area contributed by atoms with Crippen molar-refractivity contribution in [1.29, 1.82) is 0 Å². The number of hydrogen-bond donors (Lipinski definition) is 0. The van der Waals surface area contributed by atoms with Gasteiger partial charge < -0.3 is 9.47 Å². The molecule has 0 spiro atoms. The van der Waals surface area contributed by atoms with Gasteiger partial charge in [-0.1, -0.05) is 36.0 Å². The van der Waals surface area contributed by atoms with Gasteiger partial charge in [-0.15, -0.1) is 0 Å². The SMILES string of the molecule is C(=C/Sc1ccccc1)/COC1CCCCO1. The standard InChI is InChI=1S/C14H18O2S/c1-2-7-13(8-3-1)17-12-6-11-16-14-9-4-5-10-15-14/h1-3,6-8,12,14H,4-5,9-11H2/b12-6-. The Morgan fingerprint density at radius 2 is 2.18 bits per heavy atom. The van der Waals surface area contributed by atoms with E-state index in [0.29, 0.717) is 6.61 Å². The molecule has 17 heavy (non-hydrogen) atoms. The van der Waals surface area contributed by atoms with Crippen LogP contribution in [0.1, 0.15) is 19.3 Å². The van der Waals surface area contributed by atoms with Crippen molar-refractivity contribution in [3.63, 3.8) is 0 Å². The van der Waals surface area contributed by atoms with Crippen molar-refractivity contribution in [3.8, 4) is 0 Å². The third-order valence-corrected chi connectivity index (χ3v) is 3.43. The summed E-state index contributed by atoms with van der Waals surface area (Å²) in [7, 11) is 0. The first-order valence-electron chi connectivity index (χ1n) is 6.05. The lowest BCUT2D eigenvalue weighted by Crippen LogP contribution is -2.22. The second-order valence-electron chi connectivity index (χ2n) is 3.93. The number of rotatable bonds is 5. The molecule has 0 bridgehead atoms. The summed E-state index contributed by atoms with van der Waals surface area (Å²) in [6.45, 7) is 1.47. The Hall–Kier alpha value is -0.770. The third kappa shape index (κ3) is 4.94. The average Bonchev–Trinajstić information content (AvgIpc) is 2.41. The molecule has 2 rings (SSSR count). The Morgan fingerprint density at radius 1 is 1.29 bits per heavy atom. The van der Waals surface area contributed by atoms with Gasteiger partial charge in [0, 0.05) is 11.5 Å². The Balaban J connectivity index is 1.61. The van der Waals surface area contributed by atoms with E-state index in [9.17, 15) is 0 Å². The number of ether oxygens (including phenoxy) is 2. The molecule has 1 aromatic carbocycles. The van der Waals surface area contributed by atoms with Gasteiger partial charge in [0.2, 0.25) is 0 Å². The Kier molecular flexibility index (Phi) is 5.62. The smallest absolute Gasteiger partial charge is 0.157 e. The molecule has 1 aliphatic rings. The van der Waals surface area contributed by atoms with Gasteiger partial charge in [-0.05, 0) is 36.8 Å². The first-order chi connectivity index (χ1) is 8.45. The summed E-state index contributed by atoms with van der Waals surface area (Å²) in [5.41, 5.74) is 0. The van der Waals surface area contributed by atoms with E-state index < -0.39 is 0 Å². The normalized spacial score (nSPS) is 20.8. The van der Waals surface area contributed by atoms with E-state index in [-0.39, 0.29) is 6.29 Å². The first kappa shape index (κ1) is 12.7. The van der Waals surface area contributed by atoms with Crippen molar-refractivity contribution in [2.24, 2.45) is 0 Å². The Bertz CT molecular complexity index is 331. The third-order valence-electron chi connectivity index (χ3n) is 2.56. The van der Waals surface area contributed by atoms with E-state index in [0.717, 1.165) is 13.0 Å². The molecular formula is C14H18O2S. The summed E-state index contributed by atoms with van der Waals surface area (Å²) in [4.78, 5) is 1.25. The molecule has 1 unspecified atom stereocenters. The van der Waals surface area contributed by atoms with Crippen molar-refractivity contribution in [3.05, 3.63) is 41.8 Å². The van der Waals surface area contributed by atoms with E-state index in [4.69, 9.17) is 9.47 Å². The maximum Gasteiger partial charge on any atom is 0.157 e. The predicted molar refractivity (Wildman–Crippen MR) is 71.0 cm³/mol. The molecule has 3 heteroatoms. The van der Waals surface area contributed by atoms with Crippen LogP contribution >= 0.6 is 11.8 Å². The van der Waals surface area contributed by atoms with Gasteiger partial charge in [0.1, 0.15) is 0 Å². The molecule has 0 saturated carbocycles. The molecular weight excluding hydrogens is 232 g/mol. The fourth-order valence-corrected chi connectivity index (χ4v) is 2.32. The molecule has 0 amide bonds. The summed E-state index contributed by atoms with van der Waals surface area (Å²) in [5.74, 6) is 0. The van der Waals surface area contributed by atoms with E-state index in [1.165, 1.54) is 17.7 Å². The molecule has 1 aliphatic heterocycles. The van der Waals surface area contributed by atoms with Crippen LogP contribution < -0.4 is 0 Å². The Morgan fingerprint density at radius 3 is 2.94 bits per heavy atom. The fourth-order valence-electron chi connectivity index (χ4n) is 1.67. The lowest BCUT2D eigenvalue weighted by Gasteiger charge is -2.21. The highest BCUT2D eigenvalue weighted by atomic mass is 32.2. The molecule has 1 atom stereocenters. The first-order valence-corrected chi connectivity index (χ1v) is 6.93. The maximum atomic E-state index is 5.60. The van der Waals surface area contributed by atoms with Crippen LogP contribution in [-0.2, 0) is 9.47 Å². The van der Waals surface area contributed by atoms with Crippen LogP contribution in [0.3, 0.4) is 0 Å². The largest absolute Gasteiger partial charge is 0.353 e. The molecule has 0 aliphatic carbocycles. The molecule has 0 radical (unpaired) electrons. The quantitative estimate of drug-likeness (QED) is 0.740. The highest BCUT2D eigenvalue weighted by Gasteiger charge is 2.12. The summed E-state index contributed by atoms with van der Waals surface area (Å²) >= 11 is 1.71. The highest BCUT2D eigenvalue weighted by molar-refractivity contribution is 8.02. The summed E-state index contributed by atoms with van der Waals surface area (Å²) < 4.78 is 11.1. The minimum atomic E-state index is 0.00938. The van der Waals surface area contributed by atoms with Crippen molar-refractivity contribution in [2.75, 3.05) is 13.2 Å². The van der Waals surface area contributed by atoms with Crippen LogP contribution in [0.5, 0.6) is 0 Å². The number of benzene rings is 1. The Labute approximate surface area is 107 Å². The van der Waals surface area contributed by atoms with Crippen LogP contribution in [0.25, 0.3) is 0 Å². The van der Waals surface area contributed by atoms with Crippen LogP contribution in [0, 0.1) is 0 Å². The minimum Gasteiger partial charge on any atom is -0.353 e. The van der Waals surface area contributed by atoms with Crippen molar-refractivity contribution >= 4 is 11.8 Å². The van der Waals surface area contributed by atoms with E-state index in [2.05, 4.69) is 17.5 Å². The molecule has 0 N–H and O–H groups in total. The summed E-state index contributed by atoms with van der Waals surface area (Å²) in [5, 5.41) is 2.07. The van der Waals surface area contributed by atoms with Gasteiger partial charge in [0.25, 0.3) is 0 Å². The zero-order chi connectivity index (χ0) is 11.8. The molecule has 1 heterocycles. The molecule has 1 fully saturated rings. The summed E-state index contributed by atoms with van der Waals surface area (Å²) in [6, 6.07) is 10.3. The lowest BCUT2D eigenvalue weighted by molar-refractivity contribution is -0.155. The van der Waals surface area contributed by atoms with E-state index >= 15 is 0 Å². The van der Waals surface area contributed by atoms with Crippen molar-refractivity contribution < 1.29 is 9.47 Å². The van der Waals surface area contributed by atoms with Crippen molar-refractivity contribution in [1.82, 2.24) is 0 Å². The van der Waals surface area contributed by atoms with Crippen LogP contribution in [0.15, 0.2) is 46.7 Å². The van der Waals surface area contributed by atoms with Gasteiger partial charge in [-0.3, -0.25) is 0 Å².